The van der Waals surface area contributed by atoms with Crippen LogP contribution in [-0.2, 0) is 0 Å². The average Bonchev–Trinajstić information content (AvgIpc) is 2.80. The van der Waals surface area contributed by atoms with Crippen molar-refractivity contribution in [3.05, 3.63) is 46.6 Å². The van der Waals surface area contributed by atoms with Gasteiger partial charge in [0.15, 0.2) is 11.5 Å². The molecule has 0 unspecified atom stereocenters. The van der Waals surface area contributed by atoms with E-state index in [1.54, 1.807) is 18.2 Å². The maximum Gasteiger partial charge on any atom is 0.294 e. The summed E-state index contributed by atoms with van der Waals surface area (Å²) in [6, 6.07) is 10.1. The maximum absolute atomic E-state index is 13.1. The van der Waals surface area contributed by atoms with Gasteiger partial charge in [0, 0.05) is 6.07 Å². The summed E-state index contributed by atoms with van der Waals surface area (Å²) in [5, 5.41) is 0.278. The van der Waals surface area contributed by atoms with E-state index in [0.717, 1.165) is 31.4 Å². The zero-order chi connectivity index (χ0) is 24.5. The van der Waals surface area contributed by atoms with Gasteiger partial charge in [-0.2, -0.15) is 0 Å². The van der Waals surface area contributed by atoms with Crippen molar-refractivity contribution in [1.29, 1.82) is 0 Å². The largest absolute Gasteiger partial charge is 0.494 e. The monoisotopic (exact) mass is 470 g/mol. The highest BCUT2D eigenvalue weighted by Crippen LogP contribution is 2.44. The Morgan fingerprint density at radius 3 is 2.15 bits per heavy atom. The molecule has 3 aromatic rings. The molecule has 0 atom stereocenters. The Bertz CT molecular complexity index is 1120. The van der Waals surface area contributed by atoms with Crippen LogP contribution in [0.2, 0.25) is 0 Å². The summed E-state index contributed by atoms with van der Waals surface area (Å²) in [6.07, 6.45) is 3.76. The van der Waals surface area contributed by atoms with Gasteiger partial charge in [-0.25, -0.2) is 0 Å². The maximum atomic E-state index is 13.1. The van der Waals surface area contributed by atoms with Crippen molar-refractivity contribution >= 4 is 11.0 Å². The molecule has 1 heterocycles. The Balaban J connectivity index is 1.96. The molecule has 0 saturated heterocycles. The van der Waals surface area contributed by atoms with E-state index in [1.807, 2.05) is 26.0 Å². The first-order valence-electron chi connectivity index (χ1n) is 11.9. The molecule has 3 rings (SSSR count). The molecule has 7 nitrogen and oxygen atoms in total. The number of ether oxygens (including phenoxy) is 5. The zero-order valence-electron chi connectivity index (χ0n) is 20.6. The zero-order valence-corrected chi connectivity index (χ0v) is 20.6. The number of methoxy groups -OCH3 is 1. The molecule has 0 saturated carbocycles. The molecule has 0 bridgehead atoms. The van der Waals surface area contributed by atoms with Crippen LogP contribution in [0.3, 0.4) is 0 Å². The highest BCUT2D eigenvalue weighted by molar-refractivity contribution is 5.89. The van der Waals surface area contributed by atoms with E-state index >= 15 is 0 Å². The van der Waals surface area contributed by atoms with E-state index < -0.39 is 0 Å². The van der Waals surface area contributed by atoms with Crippen molar-refractivity contribution in [2.45, 2.75) is 59.5 Å². The minimum atomic E-state index is -0.301. The van der Waals surface area contributed by atoms with Crippen molar-refractivity contribution in [1.82, 2.24) is 0 Å². The normalized spacial score (nSPS) is 11.0. The number of hydrogen-bond acceptors (Lipinski definition) is 7. The molecular formula is C27H34O7. The number of benzene rings is 2. The molecule has 0 aliphatic carbocycles. The molecule has 0 aliphatic rings. The van der Waals surface area contributed by atoms with E-state index in [0.29, 0.717) is 41.8 Å². The van der Waals surface area contributed by atoms with Crippen LogP contribution in [0.15, 0.2) is 45.6 Å². The second-order valence-electron chi connectivity index (χ2n) is 8.18. The second kappa shape index (κ2) is 12.2. The molecule has 34 heavy (non-hydrogen) atoms. The second-order valence-corrected chi connectivity index (χ2v) is 8.18. The molecule has 7 heteroatoms. The third kappa shape index (κ3) is 6.37. The van der Waals surface area contributed by atoms with Gasteiger partial charge in [-0.1, -0.05) is 26.7 Å². The predicted molar refractivity (Wildman–Crippen MR) is 132 cm³/mol. The highest BCUT2D eigenvalue weighted by atomic mass is 16.6. The van der Waals surface area contributed by atoms with Crippen LogP contribution >= 0.6 is 0 Å². The summed E-state index contributed by atoms with van der Waals surface area (Å²) < 4.78 is 34.9. The number of unbranched alkanes of at least 4 members (excludes halogenated alkanes) is 2. The minimum absolute atomic E-state index is 0.0670. The van der Waals surface area contributed by atoms with E-state index in [9.17, 15) is 4.79 Å². The average molecular weight is 471 g/mol. The smallest absolute Gasteiger partial charge is 0.294 e. The van der Waals surface area contributed by atoms with Crippen LogP contribution < -0.4 is 29.1 Å². The lowest BCUT2D eigenvalue weighted by molar-refractivity contribution is 0.225. The first-order chi connectivity index (χ1) is 16.5. The molecule has 1 aromatic heterocycles. The summed E-state index contributed by atoms with van der Waals surface area (Å²) in [4.78, 5) is 13.1. The topological polar surface area (TPSA) is 76.4 Å². The Morgan fingerprint density at radius 1 is 0.882 bits per heavy atom. The Kier molecular flexibility index (Phi) is 9.08. The van der Waals surface area contributed by atoms with Gasteiger partial charge >= 0.3 is 0 Å². The summed E-state index contributed by atoms with van der Waals surface area (Å²) in [5.41, 5.74) is -0.00482. The fraction of sp³-hybridized carbons (Fsp3) is 0.444. The predicted octanol–water partition coefficient (Wildman–Crippen LogP) is 6.74. The van der Waals surface area contributed by atoms with Crippen molar-refractivity contribution in [3.8, 4) is 34.7 Å². The van der Waals surface area contributed by atoms with E-state index in [1.165, 1.54) is 13.2 Å². The van der Waals surface area contributed by atoms with Crippen LogP contribution in [0.4, 0.5) is 0 Å². The third-order valence-electron chi connectivity index (χ3n) is 4.99. The molecular weight excluding hydrogens is 436 g/mol. The van der Waals surface area contributed by atoms with Crippen molar-refractivity contribution in [2.75, 3.05) is 20.3 Å². The quantitative estimate of drug-likeness (QED) is 0.256. The standard InChI is InChI=1S/C27H34O7/c1-6-8-14-30-19-10-12-20(13-11-19)33-24-16-21(28)25-22(34-24)17-23(31-15-9-7-2)26(29-5)27(25)32-18(3)4/h10-13,16-18H,6-9,14-15H2,1-5H3. The molecule has 0 aliphatic heterocycles. The van der Waals surface area contributed by atoms with Crippen molar-refractivity contribution < 1.29 is 28.1 Å². The first-order valence-corrected chi connectivity index (χ1v) is 11.9. The highest BCUT2D eigenvalue weighted by Gasteiger charge is 2.23. The molecule has 0 spiro atoms. The van der Waals surface area contributed by atoms with Crippen LogP contribution in [0.1, 0.15) is 53.4 Å². The lowest BCUT2D eigenvalue weighted by atomic mass is 10.1. The van der Waals surface area contributed by atoms with Gasteiger partial charge in [0.1, 0.15) is 22.5 Å². The van der Waals surface area contributed by atoms with Gasteiger partial charge in [-0.3, -0.25) is 4.79 Å². The Morgan fingerprint density at radius 2 is 1.53 bits per heavy atom. The van der Waals surface area contributed by atoms with Gasteiger partial charge in [0.25, 0.3) is 5.95 Å². The molecule has 0 fully saturated rings. The summed E-state index contributed by atoms with van der Waals surface area (Å²) in [5.74, 6) is 2.48. The lowest BCUT2D eigenvalue weighted by Crippen LogP contribution is -2.12. The van der Waals surface area contributed by atoms with Crippen molar-refractivity contribution in [3.63, 3.8) is 0 Å². The number of rotatable bonds is 13. The van der Waals surface area contributed by atoms with E-state index in [2.05, 4.69) is 13.8 Å². The fourth-order valence-electron chi connectivity index (χ4n) is 3.30. The van der Waals surface area contributed by atoms with Gasteiger partial charge < -0.3 is 28.1 Å². The number of hydrogen-bond donors (Lipinski definition) is 0. The molecule has 0 amide bonds. The third-order valence-corrected chi connectivity index (χ3v) is 4.99. The Hall–Kier alpha value is -3.35. The van der Waals surface area contributed by atoms with E-state index in [4.69, 9.17) is 28.1 Å². The van der Waals surface area contributed by atoms with Crippen LogP contribution in [0.25, 0.3) is 11.0 Å². The summed E-state index contributed by atoms with van der Waals surface area (Å²) in [7, 11) is 1.52. The molecule has 2 aromatic carbocycles. The van der Waals surface area contributed by atoms with Crippen LogP contribution in [0, 0.1) is 0 Å². The van der Waals surface area contributed by atoms with Crippen LogP contribution in [0.5, 0.6) is 34.7 Å². The van der Waals surface area contributed by atoms with Gasteiger partial charge in [0.2, 0.25) is 11.2 Å². The molecule has 184 valence electrons. The number of fused-ring (bicyclic) bond motifs is 1. The van der Waals surface area contributed by atoms with Gasteiger partial charge in [-0.15, -0.1) is 0 Å². The molecule has 0 radical (unpaired) electrons. The Labute approximate surface area is 200 Å². The molecule has 0 N–H and O–H groups in total. The summed E-state index contributed by atoms with van der Waals surface area (Å²) in [6.45, 7) is 9.14. The van der Waals surface area contributed by atoms with Crippen LogP contribution in [-0.4, -0.2) is 26.4 Å². The van der Waals surface area contributed by atoms with Gasteiger partial charge in [0.05, 0.1) is 32.5 Å². The first kappa shape index (κ1) is 25.3. The lowest BCUT2D eigenvalue weighted by Gasteiger charge is -2.19. The fourth-order valence-corrected chi connectivity index (χ4v) is 3.30. The SMILES string of the molecule is CCCCOc1ccc(Oc2cc(=O)c3c(OC(C)C)c(OC)c(OCCCC)cc3o2)cc1. The van der Waals surface area contributed by atoms with E-state index in [-0.39, 0.29) is 22.9 Å². The summed E-state index contributed by atoms with van der Waals surface area (Å²) >= 11 is 0. The van der Waals surface area contributed by atoms with Gasteiger partial charge in [-0.05, 0) is 51.0 Å². The van der Waals surface area contributed by atoms with Crippen molar-refractivity contribution in [2.24, 2.45) is 0 Å². The minimum Gasteiger partial charge on any atom is -0.494 e.